The summed E-state index contributed by atoms with van der Waals surface area (Å²) < 4.78 is 11.8. The van der Waals surface area contributed by atoms with E-state index in [0.717, 1.165) is 11.3 Å². The molecule has 1 spiro atoms. The van der Waals surface area contributed by atoms with Gasteiger partial charge in [0.25, 0.3) is 5.91 Å². The third-order valence-electron chi connectivity index (χ3n) is 6.00. The van der Waals surface area contributed by atoms with Crippen molar-refractivity contribution in [1.29, 1.82) is 0 Å². The fraction of sp³-hybridized carbons (Fsp3) is 0.500. The number of hydrogen-bond donors (Lipinski definition) is 0. The molecule has 3 amide bonds. The highest BCUT2D eigenvalue weighted by atomic mass is 16.5. The van der Waals surface area contributed by atoms with Gasteiger partial charge in [-0.15, -0.1) is 0 Å². The molecular formula is C22H28N4O4. The number of carbonyl (C=O) groups excluding carboxylic acids is 2. The van der Waals surface area contributed by atoms with Crippen LogP contribution < -0.4 is 4.74 Å². The predicted molar refractivity (Wildman–Crippen MR) is 110 cm³/mol. The SMILES string of the molecule is Cc1noc(C)c1C(=O)N1Cc2ccccc2OC2(CCN(C(=O)N(C)C)CC2)C1. The zero-order valence-corrected chi connectivity index (χ0v) is 18.0. The lowest BCUT2D eigenvalue weighted by Gasteiger charge is -2.43. The number of piperidine rings is 1. The summed E-state index contributed by atoms with van der Waals surface area (Å²) in [5.74, 6) is 1.23. The largest absolute Gasteiger partial charge is 0.485 e. The lowest BCUT2D eigenvalue weighted by atomic mass is 9.90. The highest BCUT2D eigenvalue weighted by molar-refractivity contribution is 5.96. The number of aromatic nitrogens is 1. The minimum absolute atomic E-state index is 0.00234. The van der Waals surface area contributed by atoms with Gasteiger partial charge in [-0.3, -0.25) is 4.79 Å². The molecule has 1 fully saturated rings. The molecule has 4 rings (SSSR count). The number of aryl methyl sites for hydroxylation is 2. The van der Waals surface area contributed by atoms with Crippen LogP contribution in [0, 0.1) is 13.8 Å². The second-order valence-corrected chi connectivity index (χ2v) is 8.42. The molecule has 1 aromatic carbocycles. The number of hydrogen-bond acceptors (Lipinski definition) is 5. The fourth-order valence-corrected chi connectivity index (χ4v) is 4.35. The maximum absolute atomic E-state index is 13.5. The van der Waals surface area contributed by atoms with Crippen molar-refractivity contribution >= 4 is 11.9 Å². The number of urea groups is 1. The van der Waals surface area contributed by atoms with Gasteiger partial charge < -0.3 is 24.0 Å². The van der Waals surface area contributed by atoms with Crippen LogP contribution in [0.1, 0.15) is 40.2 Å². The van der Waals surface area contributed by atoms with E-state index in [4.69, 9.17) is 9.26 Å². The maximum atomic E-state index is 13.5. The maximum Gasteiger partial charge on any atom is 0.319 e. The number of nitrogens with zero attached hydrogens (tertiary/aromatic N) is 4. The highest BCUT2D eigenvalue weighted by Gasteiger charge is 2.43. The second-order valence-electron chi connectivity index (χ2n) is 8.42. The van der Waals surface area contributed by atoms with Crippen molar-refractivity contribution < 1.29 is 18.8 Å². The first kappa shape index (κ1) is 20.3. The average molecular weight is 412 g/mol. The summed E-state index contributed by atoms with van der Waals surface area (Å²) >= 11 is 0. The van der Waals surface area contributed by atoms with Gasteiger partial charge in [0.15, 0.2) is 0 Å². The Morgan fingerprint density at radius 1 is 1.10 bits per heavy atom. The van der Waals surface area contributed by atoms with E-state index in [-0.39, 0.29) is 11.9 Å². The second kappa shape index (κ2) is 7.66. The number of ether oxygens (including phenoxy) is 1. The van der Waals surface area contributed by atoms with Crippen LogP contribution in [-0.4, -0.2) is 71.1 Å². The number of rotatable bonds is 1. The standard InChI is InChI=1S/C22H28N4O4/c1-15-19(16(2)30-23-15)20(27)26-13-17-7-5-6-8-18(17)29-22(14-26)9-11-25(12-10-22)21(28)24(3)4/h5-8H,9-14H2,1-4H3. The lowest BCUT2D eigenvalue weighted by Crippen LogP contribution is -2.56. The first-order valence-corrected chi connectivity index (χ1v) is 10.2. The molecule has 30 heavy (non-hydrogen) atoms. The summed E-state index contributed by atoms with van der Waals surface area (Å²) in [6.07, 6.45) is 1.32. The predicted octanol–water partition coefficient (Wildman–Crippen LogP) is 2.84. The summed E-state index contributed by atoms with van der Waals surface area (Å²) in [6.45, 7) is 5.64. The summed E-state index contributed by atoms with van der Waals surface area (Å²) in [5, 5.41) is 3.95. The fourth-order valence-electron chi connectivity index (χ4n) is 4.35. The number of para-hydroxylation sites is 1. The molecule has 2 aromatic rings. The Morgan fingerprint density at radius 2 is 1.80 bits per heavy atom. The summed E-state index contributed by atoms with van der Waals surface area (Å²) in [4.78, 5) is 31.1. The van der Waals surface area contributed by atoms with Crippen LogP contribution in [-0.2, 0) is 6.54 Å². The van der Waals surface area contributed by atoms with E-state index in [1.165, 1.54) is 0 Å². The molecule has 3 heterocycles. The molecule has 160 valence electrons. The molecule has 0 radical (unpaired) electrons. The van der Waals surface area contributed by atoms with Crippen LogP contribution in [0.3, 0.4) is 0 Å². The van der Waals surface area contributed by atoms with E-state index in [1.54, 1.807) is 32.8 Å². The number of carbonyl (C=O) groups is 2. The minimum atomic E-state index is -0.537. The molecule has 1 aromatic heterocycles. The minimum Gasteiger partial charge on any atom is -0.485 e. The number of benzene rings is 1. The molecule has 0 aliphatic carbocycles. The number of likely N-dealkylation sites (tertiary alicyclic amines) is 1. The van der Waals surface area contributed by atoms with Gasteiger partial charge >= 0.3 is 6.03 Å². The Hall–Kier alpha value is -3.03. The Kier molecular flexibility index (Phi) is 5.17. The van der Waals surface area contributed by atoms with Crippen molar-refractivity contribution in [2.24, 2.45) is 0 Å². The Morgan fingerprint density at radius 3 is 2.43 bits per heavy atom. The molecule has 0 bridgehead atoms. The first-order chi connectivity index (χ1) is 14.3. The molecular weight excluding hydrogens is 384 g/mol. The first-order valence-electron chi connectivity index (χ1n) is 10.2. The molecule has 8 nitrogen and oxygen atoms in total. The van der Waals surface area contributed by atoms with Crippen LogP contribution in [0.4, 0.5) is 4.79 Å². The summed E-state index contributed by atoms with van der Waals surface area (Å²) in [5.41, 5.74) is 1.55. The molecule has 2 aliphatic rings. The molecule has 2 aliphatic heterocycles. The molecule has 0 atom stereocenters. The summed E-state index contributed by atoms with van der Waals surface area (Å²) in [7, 11) is 3.52. The van der Waals surface area contributed by atoms with Gasteiger partial charge in [-0.1, -0.05) is 23.4 Å². The van der Waals surface area contributed by atoms with Crippen molar-refractivity contribution in [2.45, 2.75) is 38.8 Å². The smallest absolute Gasteiger partial charge is 0.319 e. The molecule has 0 unspecified atom stereocenters. The van der Waals surface area contributed by atoms with Crippen LogP contribution in [0.15, 0.2) is 28.8 Å². The molecule has 8 heteroatoms. The van der Waals surface area contributed by atoms with E-state index < -0.39 is 5.60 Å². The van der Waals surface area contributed by atoms with Crippen LogP contribution in [0.2, 0.25) is 0 Å². The van der Waals surface area contributed by atoms with E-state index >= 15 is 0 Å². The van der Waals surface area contributed by atoms with E-state index in [1.807, 2.05) is 34.1 Å². The third kappa shape index (κ3) is 3.62. The lowest BCUT2D eigenvalue weighted by molar-refractivity contribution is -0.00944. The normalized spacial score (nSPS) is 17.9. The molecule has 0 N–H and O–H groups in total. The monoisotopic (exact) mass is 412 g/mol. The van der Waals surface area contributed by atoms with E-state index in [9.17, 15) is 9.59 Å². The van der Waals surface area contributed by atoms with Crippen molar-refractivity contribution in [2.75, 3.05) is 33.7 Å². The quantitative estimate of drug-likeness (QED) is 0.720. The zero-order chi connectivity index (χ0) is 21.5. The Balaban J connectivity index is 1.64. The van der Waals surface area contributed by atoms with E-state index in [2.05, 4.69) is 5.16 Å². The van der Waals surface area contributed by atoms with Gasteiger partial charge in [0.1, 0.15) is 22.7 Å². The van der Waals surface area contributed by atoms with E-state index in [0.29, 0.717) is 56.0 Å². The number of amides is 3. The molecule has 0 saturated carbocycles. The van der Waals surface area contributed by atoms with Crippen LogP contribution in [0.25, 0.3) is 0 Å². The molecule has 1 saturated heterocycles. The van der Waals surface area contributed by atoms with Gasteiger partial charge in [0, 0.05) is 52.1 Å². The van der Waals surface area contributed by atoms with Crippen molar-refractivity contribution in [3.05, 3.63) is 46.8 Å². The highest BCUT2D eigenvalue weighted by Crippen LogP contribution is 2.36. The average Bonchev–Trinajstić information content (AvgIpc) is 2.97. The number of fused-ring (bicyclic) bond motifs is 1. The third-order valence-corrected chi connectivity index (χ3v) is 6.00. The Bertz CT molecular complexity index is 940. The van der Waals surface area contributed by atoms with Gasteiger partial charge in [0.05, 0.1) is 12.2 Å². The van der Waals surface area contributed by atoms with Gasteiger partial charge in [-0.2, -0.15) is 0 Å². The van der Waals surface area contributed by atoms with Crippen molar-refractivity contribution in [3.8, 4) is 5.75 Å². The van der Waals surface area contributed by atoms with Crippen LogP contribution >= 0.6 is 0 Å². The Labute approximate surface area is 176 Å². The van der Waals surface area contributed by atoms with Crippen molar-refractivity contribution in [1.82, 2.24) is 19.9 Å². The van der Waals surface area contributed by atoms with Gasteiger partial charge in [-0.05, 0) is 19.9 Å². The van der Waals surface area contributed by atoms with Crippen LogP contribution in [0.5, 0.6) is 5.75 Å². The zero-order valence-electron chi connectivity index (χ0n) is 18.0. The topological polar surface area (TPSA) is 79.1 Å². The van der Waals surface area contributed by atoms with Gasteiger partial charge in [0.2, 0.25) is 0 Å². The van der Waals surface area contributed by atoms with Gasteiger partial charge in [-0.25, -0.2) is 4.79 Å². The van der Waals surface area contributed by atoms with Crippen molar-refractivity contribution in [3.63, 3.8) is 0 Å². The summed E-state index contributed by atoms with van der Waals surface area (Å²) in [6, 6.07) is 7.85.